The van der Waals surface area contributed by atoms with Crippen molar-refractivity contribution < 1.29 is 9.18 Å². The van der Waals surface area contributed by atoms with Crippen molar-refractivity contribution in [3.05, 3.63) is 71.7 Å². The van der Waals surface area contributed by atoms with Crippen molar-refractivity contribution in [2.45, 2.75) is 25.8 Å². The molecule has 1 aromatic heterocycles. The normalized spacial score (nSPS) is 16.8. The Hall–Kier alpha value is -2.99. The first-order valence-electron chi connectivity index (χ1n) is 10.3. The number of hydrogen-bond acceptors (Lipinski definition) is 3. The van der Waals surface area contributed by atoms with Crippen LogP contribution in [0.4, 0.5) is 4.39 Å². The summed E-state index contributed by atoms with van der Waals surface area (Å²) in [6.45, 7) is 3.48. The van der Waals surface area contributed by atoms with Crippen LogP contribution in [0.3, 0.4) is 0 Å². The maximum absolute atomic E-state index is 13.5. The lowest BCUT2D eigenvalue weighted by molar-refractivity contribution is 0.0636. The van der Waals surface area contributed by atoms with E-state index in [1.165, 1.54) is 12.1 Å². The predicted molar refractivity (Wildman–Crippen MR) is 116 cm³/mol. The number of amides is 1. The second-order valence-electron chi connectivity index (χ2n) is 8.19. The average molecular weight is 407 g/mol. The molecule has 0 N–H and O–H groups in total. The van der Waals surface area contributed by atoms with Gasteiger partial charge in [0, 0.05) is 30.9 Å². The topological polar surface area (TPSA) is 41.4 Å². The largest absolute Gasteiger partial charge is 0.337 e. The van der Waals surface area contributed by atoms with Crippen LogP contribution < -0.4 is 0 Å². The van der Waals surface area contributed by atoms with Crippen LogP contribution in [-0.2, 0) is 0 Å². The van der Waals surface area contributed by atoms with E-state index < -0.39 is 0 Å². The van der Waals surface area contributed by atoms with Crippen molar-refractivity contribution in [2.75, 3.05) is 27.2 Å². The summed E-state index contributed by atoms with van der Waals surface area (Å²) in [4.78, 5) is 17.7. The molecule has 5 nitrogen and oxygen atoms in total. The fraction of sp³-hybridized carbons (Fsp3) is 0.333. The summed E-state index contributed by atoms with van der Waals surface area (Å²) < 4.78 is 15.0. The first kappa shape index (κ1) is 20.3. The molecule has 2 heterocycles. The lowest BCUT2D eigenvalue weighted by Gasteiger charge is -2.36. The molecule has 1 aliphatic rings. The lowest BCUT2D eigenvalue weighted by Crippen LogP contribution is -2.47. The van der Waals surface area contributed by atoms with E-state index >= 15 is 0 Å². The number of likely N-dealkylation sites (N-methyl/N-ethyl adjacent to an activating group) is 1. The van der Waals surface area contributed by atoms with Crippen LogP contribution >= 0.6 is 0 Å². The molecule has 0 radical (unpaired) electrons. The van der Waals surface area contributed by atoms with Gasteiger partial charge in [0.1, 0.15) is 11.5 Å². The van der Waals surface area contributed by atoms with E-state index in [0.717, 1.165) is 30.5 Å². The van der Waals surface area contributed by atoms with Crippen LogP contribution in [0.25, 0.3) is 16.9 Å². The zero-order valence-electron chi connectivity index (χ0n) is 17.7. The second-order valence-corrected chi connectivity index (χ2v) is 8.19. The summed E-state index contributed by atoms with van der Waals surface area (Å²) in [6.07, 6.45) is 3.85. The zero-order chi connectivity index (χ0) is 21.3. The number of likely N-dealkylation sites (tertiary alicyclic amines) is 1. The van der Waals surface area contributed by atoms with Crippen molar-refractivity contribution >= 4 is 5.91 Å². The van der Waals surface area contributed by atoms with E-state index in [2.05, 4.69) is 19.0 Å². The van der Waals surface area contributed by atoms with Crippen molar-refractivity contribution in [1.29, 1.82) is 0 Å². The maximum atomic E-state index is 13.5. The molecule has 6 heteroatoms. The Morgan fingerprint density at radius 3 is 2.63 bits per heavy atom. The van der Waals surface area contributed by atoms with Crippen molar-refractivity contribution in [3.8, 4) is 16.9 Å². The van der Waals surface area contributed by atoms with E-state index in [0.29, 0.717) is 29.5 Å². The Kier molecular flexibility index (Phi) is 5.68. The fourth-order valence-electron chi connectivity index (χ4n) is 3.99. The highest BCUT2D eigenvalue weighted by Gasteiger charge is 2.29. The van der Waals surface area contributed by atoms with Crippen molar-refractivity contribution in [2.24, 2.45) is 0 Å². The average Bonchev–Trinajstić information content (AvgIpc) is 3.19. The van der Waals surface area contributed by atoms with Gasteiger partial charge in [-0.05, 0) is 64.2 Å². The molecule has 2 aromatic carbocycles. The third kappa shape index (κ3) is 4.14. The van der Waals surface area contributed by atoms with Gasteiger partial charge in [-0.1, -0.05) is 23.8 Å². The third-order valence-electron chi connectivity index (χ3n) is 5.74. The van der Waals surface area contributed by atoms with Gasteiger partial charge in [-0.25, -0.2) is 9.07 Å². The van der Waals surface area contributed by atoms with Crippen LogP contribution in [0.5, 0.6) is 0 Å². The third-order valence-corrected chi connectivity index (χ3v) is 5.74. The molecule has 156 valence electrons. The Bertz CT molecular complexity index is 1040. The minimum atomic E-state index is -0.302. The standard InChI is InChI=1S/C24H27FN4O/c1-17-6-4-7-18(14-17)23-22(16-29(26-23)20-11-9-19(25)10-12-20)24(30)28-13-5-8-21(15-28)27(2)3/h4,6-7,9-12,14,16,21H,5,8,13,15H2,1-3H3. The molecule has 0 saturated carbocycles. The highest BCUT2D eigenvalue weighted by molar-refractivity contribution is 6.00. The molecule has 0 spiro atoms. The summed E-state index contributed by atoms with van der Waals surface area (Å²) in [5.74, 6) is -0.310. The molecule has 1 amide bonds. The Morgan fingerprint density at radius 1 is 1.17 bits per heavy atom. The van der Waals surface area contributed by atoms with Gasteiger partial charge in [0.05, 0.1) is 11.3 Å². The molecule has 0 aliphatic carbocycles. The number of benzene rings is 2. The van der Waals surface area contributed by atoms with E-state index in [1.807, 2.05) is 36.1 Å². The second kappa shape index (κ2) is 8.40. The minimum Gasteiger partial charge on any atom is -0.337 e. The molecule has 1 unspecified atom stereocenters. The van der Waals surface area contributed by atoms with Gasteiger partial charge < -0.3 is 9.80 Å². The number of nitrogens with zero attached hydrogens (tertiary/aromatic N) is 4. The number of carbonyl (C=O) groups is 1. The van der Waals surface area contributed by atoms with Gasteiger partial charge in [0.2, 0.25) is 0 Å². The maximum Gasteiger partial charge on any atom is 0.257 e. The molecule has 30 heavy (non-hydrogen) atoms. The van der Waals surface area contributed by atoms with Crippen LogP contribution in [0.1, 0.15) is 28.8 Å². The number of carbonyl (C=O) groups excluding carboxylic acids is 1. The van der Waals surface area contributed by atoms with Gasteiger partial charge >= 0.3 is 0 Å². The molecular formula is C24H27FN4O. The molecule has 4 rings (SSSR count). The van der Waals surface area contributed by atoms with Crippen LogP contribution in [0.2, 0.25) is 0 Å². The van der Waals surface area contributed by atoms with Gasteiger partial charge in [-0.15, -0.1) is 0 Å². The smallest absolute Gasteiger partial charge is 0.257 e. The first-order valence-corrected chi connectivity index (χ1v) is 10.3. The molecule has 0 bridgehead atoms. The number of hydrogen-bond donors (Lipinski definition) is 0. The molecule has 1 saturated heterocycles. The van der Waals surface area contributed by atoms with E-state index in [4.69, 9.17) is 5.10 Å². The van der Waals surface area contributed by atoms with Gasteiger partial charge in [-0.3, -0.25) is 4.79 Å². The van der Waals surface area contributed by atoms with Gasteiger partial charge in [-0.2, -0.15) is 5.10 Å². The SMILES string of the molecule is Cc1cccc(-c2nn(-c3ccc(F)cc3)cc2C(=O)N2CCCC(N(C)C)C2)c1. The first-order chi connectivity index (χ1) is 14.4. The molecule has 1 fully saturated rings. The van der Waals surface area contributed by atoms with E-state index in [1.54, 1.807) is 23.0 Å². The number of halogens is 1. The number of aryl methyl sites for hydroxylation is 1. The predicted octanol–water partition coefficient (Wildman–Crippen LogP) is 4.15. The van der Waals surface area contributed by atoms with Crippen molar-refractivity contribution in [1.82, 2.24) is 19.6 Å². The quantitative estimate of drug-likeness (QED) is 0.654. The zero-order valence-corrected chi connectivity index (χ0v) is 17.7. The summed E-state index contributed by atoms with van der Waals surface area (Å²) in [7, 11) is 4.12. The highest BCUT2D eigenvalue weighted by Crippen LogP contribution is 2.27. The summed E-state index contributed by atoms with van der Waals surface area (Å²) in [6, 6.07) is 14.5. The summed E-state index contributed by atoms with van der Waals surface area (Å²) in [5.41, 5.74) is 3.95. The number of piperidine rings is 1. The molecule has 3 aromatic rings. The molecule has 1 atom stereocenters. The van der Waals surface area contributed by atoms with Crippen LogP contribution in [-0.4, -0.2) is 58.7 Å². The van der Waals surface area contributed by atoms with E-state index in [9.17, 15) is 9.18 Å². The van der Waals surface area contributed by atoms with E-state index in [-0.39, 0.29) is 11.7 Å². The Labute approximate surface area is 176 Å². The lowest BCUT2D eigenvalue weighted by atomic mass is 10.0. The van der Waals surface area contributed by atoms with Crippen LogP contribution in [0, 0.1) is 12.7 Å². The molecule has 1 aliphatic heterocycles. The van der Waals surface area contributed by atoms with Gasteiger partial charge in [0.25, 0.3) is 5.91 Å². The fourth-order valence-corrected chi connectivity index (χ4v) is 3.99. The Balaban J connectivity index is 1.75. The number of aromatic nitrogens is 2. The molecular weight excluding hydrogens is 379 g/mol. The number of rotatable bonds is 4. The monoisotopic (exact) mass is 406 g/mol. The van der Waals surface area contributed by atoms with Gasteiger partial charge in [0.15, 0.2) is 0 Å². The Morgan fingerprint density at radius 2 is 1.93 bits per heavy atom. The summed E-state index contributed by atoms with van der Waals surface area (Å²) in [5, 5.41) is 4.73. The minimum absolute atomic E-state index is 0.00795. The highest BCUT2D eigenvalue weighted by atomic mass is 19.1. The van der Waals surface area contributed by atoms with Crippen LogP contribution in [0.15, 0.2) is 54.7 Å². The van der Waals surface area contributed by atoms with Crippen molar-refractivity contribution in [3.63, 3.8) is 0 Å². The summed E-state index contributed by atoms with van der Waals surface area (Å²) >= 11 is 0.